The van der Waals surface area contributed by atoms with E-state index in [9.17, 15) is 13.2 Å². The first-order valence-electron chi connectivity index (χ1n) is 2.86. The normalized spacial score (nSPS) is 10.2. The third-order valence-electron chi connectivity index (χ3n) is 1.29. The van der Waals surface area contributed by atoms with E-state index in [-0.39, 0.29) is 56.8 Å². The van der Waals surface area contributed by atoms with Gasteiger partial charge in [0.1, 0.15) is 4.88 Å². The molecule has 0 unspecified atom stereocenters. The van der Waals surface area contributed by atoms with Crippen LogP contribution < -0.4 is 56.8 Å². The maximum atomic E-state index is 12.7. The predicted octanol–water partition coefficient (Wildman–Crippen LogP) is -1.07. The number of thiophene rings is 1. The van der Waals surface area contributed by atoms with Crippen LogP contribution in [0, 0.1) is 12.7 Å². The molecule has 59 valence electrons. The first kappa shape index (κ1) is 13.2. The zero-order chi connectivity index (χ0) is 8.59. The molecule has 0 aliphatic heterocycles. The molecule has 6 heteroatoms. The van der Waals surface area contributed by atoms with Crippen molar-refractivity contribution in [2.24, 2.45) is 0 Å². The first-order chi connectivity index (χ1) is 5.04. The molecule has 0 bridgehead atoms. The van der Waals surface area contributed by atoms with Crippen LogP contribution in [-0.2, 0) is 0 Å². The van der Waals surface area contributed by atoms with Gasteiger partial charge in [0.25, 0.3) is 6.43 Å². The molecule has 0 N–H and O–H groups in total. The summed E-state index contributed by atoms with van der Waals surface area (Å²) >= 11 is 0.699. The van der Waals surface area contributed by atoms with Gasteiger partial charge in [0.05, 0.1) is 5.82 Å². The van der Waals surface area contributed by atoms with E-state index < -0.39 is 17.1 Å². The van der Waals surface area contributed by atoms with E-state index >= 15 is 0 Å². The molecule has 0 saturated heterocycles. The number of alkyl halides is 2. The molecule has 0 atom stereocenters. The molecule has 0 aliphatic rings. The maximum Gasteiger partial charge on any atom is 1.00 e. The van der Waals surface area contributed by atoms with Gasteiger partial charge in [-0.2, -0.15) is 0 Å². The van der Waals surface area contributed by atoms with Crippen molar-refractivity contribution >= 4 is 24.6 Å². The van der Waals surface area contributed by atoms with Crippen LogP contribution in [0.5, 0.6) is 0 Å². The molecule has 12 heavy (non-hydrogen) atoms. The van der Waals surface area contributed by atoms with Gasteiger partial charge in [-0.3, -0.25) is 5.46 Å². The van der Waals surface area contributed by atoms with Crippen LogP contribution in [0.4, 0.5) is 13.2 Å². The second-order valence-corrected chi connectivity index (χ2v) is 3.31. The second-order valence-electron chi connectivity index (χ2n) is 2.05. The fourth-order valence-corrected chi connectivity index (χ4v) is 1.51. The van der Waals surface area contributed by atoms with Crippen LogP contribution in [0.25, 0.3) is 0 Å². The zero-order valence-electron chi connectivity index (χ0n) is 6.70. The molecule has 1 rings (SSSR count). The summed E-state index contributed by atoms with van der Waals surface area (Å²) in [6.07, 6.45) is -2.77. The summed E-state index contributed by atoms with van der Waals surface area (Å²) in [7, 11) is 5.14. The quantitative estimate of drug-likeness (QED) is 0.523. The van der Waals surface area contributed by atoms with Crippen molar-refractivity contribution in [1.29, 1.82) is 0 Å². The van der Waals surface area contributed by atoms with Crippen LogP contribution in [0.2, 0.25) is 0 Å². The van der Waals surface area contributed by atoms with E-state index in [1.807, 2.05) is 0 Å². The van der Waals surface area contributed by atoms with Gasteiger partial charge in [-0.25, -0.2) is 13.2 Å². The molecule has 0 aliphatic carbocycles. The fraction of sp³-hybridized carbons (Fsp3) is 0.333. The third-order valence-corrected chi connectivity index (χ3v) is 2.40. The number of aryl methyl sites for hydroxylation is 1. The topological polar surface area (TPSA) is 0 Å². The van der Waals surface area contributed by atoms with Crippen molar-refractivity contribution in [3.8, 4) is 0 Å². The van der Waals surface area contributed by atoms with Gasteiger partial charge in [0.15, 0.2) is 0 Å². The number of hydrogen-bond donors (Lipinski definition) is 0. The van der Waals surface area contributed by atoms with E-state index in [4.69, 9.17) is 7.85 Å². The van der Waals surface area contributed by atoms with Crippen molar-refractivity contribution in [3.05, 3.63) is 15.6 Å². The van der Waals surface area contributed by atoms with E-state index in [1.165, 1.54) is 6.92 Å². The predicted molar refractivity (Wildman–Crippen MR) is 39.4 cm³/mol. The molecule has 0 saturated carbocycles. The molecule has 1 aromatic heterocycles. The van der Waals surface area contributed by atoms with Crippen LogP contribution in [0.3, 0.4) is 0 Å². The standard InChI is InChI=1S/C6H4BF3S.K/c1-2-3(7)4(8)5(11-2)6(9)10;/h6H,1H3;/q-1;+1. The molecule has 0 nitrogen and oxygen atoms in total. The van der Waals surface area contributed by atoms with Gasteiger partial charge in [0, 0.05) is 0 Å². The minimum Gasteiger partial charge on any atom is -0.575 e. The van der Waals surface area contributed by atoms with Gasteiger partial charge in [-0.1, -0.05) is 0 Å². The Morgan fingerprint density at radius 3 is 2.08 bits per heavy atom. The van der Waals surface area contributed by atoms with Crippen molar-refractivity contribution in [2.45, 2.75) is 13.3 Å². The first-order valence-corrected chi connectivity index (χ1v) is 3.68. The Morgan fingerprint density at radius 1 is 1.42 bits per heavy atom. The van der Waals surface area contributed by atoms with E-state index in [0.717, 1.165) is 0 Å². The Morgan fingerprint density at radius 2 is 1.92 bits per heavy atom. The summed E-state index contributed by atoms with van der Waals surface area (Å²) in [5, 5.41) is 0. The van der Waals surface area contributed by atoms with Crippen molar-refractivity contribution in [3.63, 3.8) is 0 Å². The maximum absolute atomic E-state index is 12.7. The smallest absolute Gasteiger partial charge is 0.575 e. The van der Waals surface area contributed by atoms with Gasteiger partial charge < -0.3 is 7.85 Å². The molecule has 0 fully saturated rings. The SMILES string of the molecule is [B-]c1c(C)sc(C(F)F)c1F.[K+]. The van der Waals surface area contributed by atoms with Crippen LogP contribution in [-0.4, -0.2) is 7.85 Å². The van der Waals surface area contributed by atoms with Gasteiger partial charge in [0.2, 0.25) is 0 Å². The van der Waals surface area contributed by atoms with Crippen molar-refractivity contribution < 1.29 is 64.6 Å². The Bertz CT molecular complexity index is 274. The average Bonchev–Trinajstić information content (AvgIpc) is 2.17. The Balaban J connectivity index is 0.00000121. The molecular formula is C6H4BF3KS. The van der Waals surface area contributed by atoms with E-state index in [1.54, 1.807) is 0 Å². The molecule has 1 aromatic rings. The minimum atomic E-state index is -2.77. The molecule has 0 aromatic carbocycles. The zero-order valence-corrected chi connectivity index (χ0v) is 10.6. The molecule has 3 radical (unpaired) electrons. The average molecular weight is 215 g/mol. The van der Waals surface area contributed by atoms with E-state index in [2.05, 4.69) is 0 Å². The summed E-state index contributed by atoms with van der Waals surface area (Å²) in [5.41, 5.74) is -0.162. The number of rotatable bonds is 1. The number of halogens is 3. The monoisotopic (exact) mass is 215 g/mol. The molecule has 1 heterocycles. The summed E-state index contributed by atoms with van der Waals surface area (Å²) in [4.78, 5) is -0.169. The molecular weight excluding hydrogens is 211 g/mol. The minimum absolute atomic E-state index is 0. The second kappa shape index (κ2) is 5.17. The van der Waals surface area contributed by atoms with Crippen LogP contribution >= 0.6 is 11.3 Å². The van der Waals surface area contributed by atoms with Crippen LogP contribution in [0.15, 0.2) is 0 Å². The summed E-state index contributed by atoms with van der Waals surface area (Å²) < 4.78 is 36.6. The van der Waals surface area contributed by atoms with Gasteiger partial charge in [-0.15, -0.1) is 11.3 Å². The van der Waals surface area contributed by atoms with E-state index in [0.29, 0.717) is 16.2 Å². The Hall–Kier alpha value is 1.19. The van der Waals surface area contributed by atoms with Crippen molar-refractivity contribution in [1.82, 2.24) is 0 Å². The molecule has 0 amide bonds. The largest absolute Gasteiger partial charge is 1.00 e. The third kappa shape index (κ3) is 2.59. The number of hydrogen-bond acceptors (Lipinski definition) is 1. The van der Waals surface area contributed by atoms with Gasteiger partial charge >= 0.3 is 51.4 Å². The summed E-state index contributed by atoms with van der Waals surface area (Å²) in [6, 6.07) is 0. The summed E-state index contributed by atoms with van der Waals surface area (Å²) in [5.74, 6) is -0.970. The van der Waals surface area contributed by atoms with Gasteiger partial charge in [-0.05, 0) is 11.8 Å². The van der Waals surface area contributed by atoms with Crippen molar-refractivity contribution in [2.75, 3.05) is 0 Å². The molecule has 0 spiro atoms. The Kier molecular flexibility index (Phi) is 5.68. The van der Waals surface area contributed by atoms with Crippen LogP contribution in [0.1, 0.15) is 16.2 Å². The fourth-order valence-electron chi connectivity index (χ4n) is 0.692. The Labute approximate surface area is 116 Å². The summed E-state index contributed by atoms with van der Waals surface area (Å²) in [6.45, 7) is 1.51.